The number of thiazole rings is 1. The van der Waals surface area contributed by atoms with E-state index in [1.165, 1.54) is 147 Å². The van der Waals surface area contributed by atoms with E-state index in [1.807, 2.05) is 13.8 Å². The van der Waals surface area contributed by atoms with Gasteiger partial charge in [-0.25, -0.2) is 22.5 Å². The molecule has 768 valence electrons. The molecule has 6 N–H and O–H groups in total. The van der Waals surface area contributed by atoms with Crippen LogP contribution in [-0.2, 0) is 73.0 Å². The highest BCUT2D eigenvalue weighted by molar-refractivity contribution is 7.91. The molecule has 6 amide bonds. The molecule has 150 heavy (non-hydrogen) atoms. The molecular formula is C96H80F4N24O19S7. The standard InChI is InChI=1S/C17H14N4O4S.C17H16N4O3S.C16H12F2N4O3S.2C16H13FN4O3S.C14H12N4O3S2/c22-17(15-3-1-2-7-18-15)20-13-10-19-21(11-13)26(23,24)14-4-5-16-12(9-14)6-8-25-16;1-2-13-6-8-15(9-7-13)25(23,24)21-12-14(11-19-21)20-17(22)16-5-3-4-10-18-16;1-10-6-13(18)15(7-12(10)17)26(24,25)22-9-11(8-20-22)21-16(23)14-4-2-3-5-19-14;2*1-11-5-6-15(13(17)8-11)25(23,24)21-10-12(9-19-21)20-16(22)14-4-2-3-7-18-14;1-10-2-4-12(5-3-10)23(20,21)18-7-11(6-16-18)17-14(19)13-8-22-9-15-13/h1-5,7,9-11H,6,8H2,(H,20,22);3-12H,2H2,1H3,(H,20,22);2-9H,1H3,(H,21,23);2*2-10H,1H3,(H,20,22);2-9H,1H3,(H,17,19). The zero-order valence-electron chi connectivity index (χ0n) is 78.4. The number of carbonyl (C=O) groups excluding carboxylic acids is 6. The van der Waals surface area contributed by atoms with Gasteiger partial charge in [0.15, 0.2) is 0 Å². The summed E-state index contributed by atoms with van der Waals surface area (Å²) in [6, 6.07) is 51.0. The van der Waals surface area contributed by atoms with Crippen LogP contribution in [0.25, 0.3) is 0 Å². The maximum atomic E-state index is 14.0. The van der Waals surface area contributed by atoms with Crippen LogP contribution in [0.15, 0.2) is 352 Å². The smallest absolute Gasteiger partial charge is 0.286 e. The summed E-state index contributed by atoms with van der Waals surface area (Å²) >= 11 is 1.30. The van der Waals surface area contributed by atoms with E-state index in [9.17, 15) is 96.8 Å². The van der Waals surface area contributed by atoms with Crippen molar-refractivity contribution in [2.24, 2.45) is 0 Å². The predicted molar refractivity (Wildman–Crippen MR) is 536 cm³/mol. The Morgan fingerprint density at radius 3 is 0.933 bits per heavy atom. The van der Waals surface area contributed by atoms with E-state index in [2.05, 4.69) is 92.4 Å². The number of aromatic nitrogens is 18. The van der Waals surface area contributed by atoms with Crippen LogP contribution in [0.5, 0.6) is 5.75 Å². The summed E-state index contributed by atoms with van der Waals surface area (Å²) in [6.45, 7) is 9.03. The lowest BCUT2D eigenvalue weighted by atomic mass is 10.2. The van der Waals surface area contributed by atoms with Crippen molar-refractivity contribution in [1.29, 1.82) is 0 Å². The maximum Gasteiger partial charge on any atom is 0.286 e. The normalized spacial score (nSPS) is 11.6. The van der Waals surface area contributed by atoms with Gasteiger partial charge >= 0.3 is 0 Å². The SMILES string of the molecule is CCc1ccc(S(=O)(=O)n2cc(NC(=O)c3ccccn3)cn2)cc1.Cc1cc(F)c(S(=O)(=O)n2cc(NC(=O)c3ccccn3)cn2)cc1F.Cc1ccc(S(=O)(=O)n2cc(NC(=O)c3ccccn3)cn2)c(F)c1.Cc1ccc(S(=O)(=O)n2cc(NC(=O)c3ccccn3)cn2)c(F)c1.Cc1ccc(S(=O)(=O)n2cc(NC(=O)c3cscn3)cn2)cc1.O=C(Nc1cnn(S(=O)(=O)c2ccc3c(c2)CCO3)c1)c1ccccn1. The number of fused-ring (bicyclic) bond motifs is 1. The Kier molecular flexibility index (Phi) is 33.8. The minimum atomic E-state index is -4.46. The molecule has 0 atom stereocenters. The Labute approximate surface area is 856 Å². The van der Waals surface area contributed by atoms with Crippen molar-refractivity contribution in [2.75, 3.05) is 38.5 Å². The fraction of sp³-hybridized carbons (Fsp3) is 0.0833. The van der Waals surface area contributed by atoms with Crippen LogP contribution in [0.2, 0.25) is 0 Å². The van der Waals surface area contributed by atoms with Crippen LogP contribution in [0.3, 0.4) is 0 Å². The number of ether oxygens (including phenoxy) is 1. The van der Waals surface area contributed by atoms with Crippen molar-refractivity contribution < 1.29 is 102 Å². The number of aryl methyl sites for hydroxylation is 5. The first-order valence-electron chi connectivity index (χ1n) is 43.6. The van der Waals surface area contributed by atoms with Crippen molar-refractivity contribution >= 4 is 141 Å². The molecule has 0 fully saturated rings. The van der Waals surface area contributed by atoms with Crippen LogP contribution in [0.1, 0.15) is 103 Å². The van der Waals surface area contributed by atoms with E-state index < -0.39 is 134 Å². The molecular weight excluding hydrogens is 2090 g/mol. The Bertz CT molecular complexity index is 8580. The van der Waals surface area contributed by atoms with Gasteiger partial charge in [-0.05, 0) is 201 Å². The number of benzene rings is 6. The first-order chi connectivity index (χ1) is 71.5. The molecule has 0 aliphatic carbocycles. The highest BCUT2D eigenvalue weighted by atomic mass is 32.2. The van der Waals surface area contributed by atoms with Crippen LogP contribution in [0, 0.1) is 51.0 Å². The molecule has 54 heteroatoms. The zero-order valence-corrected chi connectivity index (χ0v) is 84.1. The monoisotopic (exact) mass is 2170 g/mol. The molecule has 19 rings (SSSR count). The molecule has 0 radical (unpaired) electrons. The Hall–Kier alpha value is -18.0. The minimum Gasteiger partial charge on any atom is -0.493 e. The molecule has 0 unspecified atom stereocenters. The largest absolute Gasteiger partial charge is 0.493 e. The molecule has 43 nitrogen and oxygen atoms in total. The Morgan fingerprint density at radius 1 is 0.320 bits per heavy atom. The number of carbonyl (C=O) groups is 6. The van der Waals surface area contributed by atoms with Gasteiger partial charge in [-0.1, -0.05) is 79.2 Å². The average Bonchev–Trinajstić information content (AvgIpc) is 1.11. The van der Waals surface area contributed by atoms with Crippen LogP contribution in [0.4, 0.5) is 51.7 Å². The van der Waals surface area contributed by atoms with Gasteiger partial charge in [0, 0.05) is 42.8 Å². The second-order valence-electron chi connectivity index (χ2n) is 31.4. The van der Waals surface area contributed by atoms with Gasteiger partial charge in [-0.3, -0.25) is 53.7 Å². The van der Waals surface area contributed by atoms with Gasteiger partial charge in [0.2, 0.25) is 0 Å². The lowest BCUT2D eigenvalue weighted by Gasteiger charge is -2.07. The van der Waals surface area contributed by atoms with Crippen molar-refractivity contribution in [3.05, 3.63) is 413 Å². The number of amides is 6. The molecule has 1 aliphatic rings. The third-order valence-electron chi connectivity index (χ3n) is 20.7. The number of rotatable bonds is 25. The Balaban J connectivity index is 0.000000142. The van der Waals surface area contributed by atoms with Crippen LogP contribution < -0.4 is 36.6 Å². The van der Waals surface area contributed by atoms with E-state index in [4.69, 9.17) is 4.74 Å². The van der Waals surface area contributed by atoms with Crippen LogP contribution in [-0.4, -0.2) is 178 Å². The summed E-state index contributed by atoms with van der Waals surface area (Å²) in [5.74, 6) is -5.90. The summed E-state index contributed by atoms with van der Waals surface area (Å²) in [6.07, 6.45) is 23.0. The van der Waals surface area contributed by atoms with E-state index in [1.54, 1.807) is 146 Å². The summed E-state index contributed by atoms with van der Waals surface area (Å²) in [5.41, 5.74) is 7.89. The third-order valence-corrected chi connectivity index (χ3v) is 30.6. The first-order valence-corrected chi connectivity index (χ1v) is 53.2. The Morgan fingerprint density at radius 2 is 0.620 bits per heavy atom. The molecule has 6 aromatic carbocycles. The number of nitrogens with one attached hydrogen (secondary N) is 6. The van der Waals surface area contributed by atoms with E-state index in [0.717, 1.165) is 90.8 Å². The van der Waals surface area contributed by atoms with Gasteiger partial charge in [-0.2, -0.15) is 106 Å². The fourth-order valence-corrected chi connectivity index (χ4v) is 20.5. The quantitative estimate of drug-likeness (QED) is 0.0289. The van der Waals surface area contributed by atoms with Crippen LogP contribution >= 0.6 is 11.3 Å². The maximum absolute atomic E-state index is 14.0. The van der Waals surface area contributed by atoms with E-state index >= 15 is 0 Å². The molecule has 12 aromatic heterocycles. The third kappa shape index (κ3) is 26.4. The average molecular weight is 2170 g/mol. The molecule has 18 aromatic rings. The highest BCUT2D eigenvalue weighted by Crippen LogP contribution is 2.31. The summed E-state index contributed by atoms with van der Waals surface area (Å²) in [5, 5.41) is 39.2. The molecule has 1 aliphatic heterocycles. The summed E-state index contributed by atoms with van der Waals surface area (Å²) in [7, 11) is -24.3. The lowest BCUT2D eigenvalue weighted by Crippen LogP contribution is -2.16. The molecule has 0 saturated heterocycles. The number of anilines is 6. The van der Waals surface area contributed by atoms with Gasteiger partial charge < -0.3 is 36.6 Å². The van der Waals surface area contributed by atoms with Crippen molar-refractivity contribution in [3.8, 4) is 5.75 Å². The van der Waals surface area contributed by atoms with E-state index in [-0.39, 0.29) is 88.5 Å². The van der Waals surface area contributed by atoms with E-state index in [0.29, 0.717) is 48.2 Å². The van der Waals surface area contributed by atoms with Gasteiger partial charge in [0.05, 0.1) is 135 Å². The zero-order chi connectivity index (χ0) is 107. The first kappa shape index (κ1) is 108. The molecule has 13 heterocycles. The van der Waals surface area contributed by atoms with Crippen molar-refractivity contribution in [1.82, 2.24) is 85.0 Å². The van der Waals surface area contributed by atoms with Crippen molar-refractivity contribution in [2.45, 2.75) is 76.8 Å². The molecule has 0 spiro atoms. The molecule has 0 saturated carbocycles. The lowest BCUT2D eigenvalue weighted by molar-refractivity contribution is 0.101. The predicted octanol–water partition coefficient (Wildman–Crippen LogP) is 13.0. The number of hydrogen-bond donors (Lipinski definition) is 6. The number of hydrogen-bond acceptors (Lipinski definition) is 32. The second kappa shape index (κ2) is 47.0. The summed E-state index contributed by atoms with van der Waals surface area (Å²) in [4.78, 5) is 94.0. The number of halogens is 4. The highest BCUT2D eigenvalue weighted by Gasteiger charge is 2.31. The molecule has 0 bridgehead atoms. The van der Waals surface area contributed by atoms with Gasteiger partial charge in [0.1, 0.15) is 77.9 Å². The number of pyridine rings is 5. The summed E-state index contributed by atoms with van der Waals surface area (Å²) < 4.78 is 215. The van der Waals surface area contributed by atoms with Crippen molar-refractivity contribution in [3.63, 3.8) is 0 Å². The van der Waals surface area contributed by atoms with Gasteiger partial charge in [-0.15, -0.1) is 11.3 Å². The second-order valence-corrected chi connectivity index (χ2v) is 42.8. The number of nitrogens with zero attached hydrogens (tertiary/aromatic N) is 18. The minimum absolute atomic E-state index is 0.0229. The van der Waals surface area contributed by atoms with Gasteiger partial charge in [0.25, 0.3) is 95.6 Å². The fourth-order valence-electron chi connectivity index (χ4n) is 13.0. The topological polar surface area (TPSA) is 573 Å².